The first-order valence-corrected chi connectivity index (χ1v) is 7.00. The molecule has 6 heteroatoms. The minimum atomic E-state index is 0.265. The van der Waals surface area contributed by atoms with Crippen LogP contribution in [0.5, 0.6) is 0 Å². The number of morpholine rings is 1. The molecule has 1 atom stereocenters. The van der Waals surface area contributed by atoms with Crippen LogP contribution in [0.25, 0.3) is 11.0 Å². The van der Waals surface area contributed by atoms with Gasteiger partial charge in [0.2, 0.25) is 5.95 Å². The van der Waals surface area contributed by atoms with Crippen molar-refractivity contribution in [2.75, 3.05) is 30.0 Å². The highest BCUT2D eigenvalue weighted by Gasteiger charge is 2.24. The molecule has 0 saturated carbocycles. The third-order valence-corrected chi connectivity index (χ3v) is 3.76. The number of nitrogens with zero attached hydrogens (tertiary/aromatic N) is 4. The maximum absolute atomic E-state index is 5.46. The van der Waals surface area contributed by atoms with Crippen LogP contribution >= 0.6 is 15.9 Å². The first kappa shape index (κ1) is 11.8. The fraction of sp³-hybridized carbons (Fsp3) is 0.417. The molecule has 1 aromatic heterocycles. The van der Waals surface area contributed by atoms with Crippen LogP contribution in [0.2, 0.25) is 0 Å². The molecule has 1 saturated heterocycles. The number of aromatic nitrogens is 3. The molecule has 0 amide bonds. The van der Waals surface area contributed by atoms with E-state index >= 15 is 0 Å². The highest BCUT2D eigenvalue weighted by Crippen LogP contribution is 2.18. The Balaban J connectivity index is 1.97. The van der Waals surface area contributed by atoms with E-state index < -0.39 is 0 Å². The fourth-order valence-electron chi connectivity index (χ4n) is 2.04. The number of fused-ring (bicyclic) bond motifs is 1. The van der Waals surface area contributed by atoms with E-state index in [0.29, 0.717) is 19.2 Å². The van der Waals surface area contributed by atoms with E-state index in [0.717, 1.165) is 22.9 Å². The van der Waals surface area contributed by atoms with Crippen LogP contribution in [0, 0.1) is 0 Å². The molecule has 1 fully saturated rings. The number of halogens is 1. The molecule has 2 aromatic rings. The lowest BCUT2D eigenvalue weighted by molar-refractivity contribution is 0.0995. The van der Waals surface area contributed by atoms with Crippen molar-refractivity contribution in [1.82, 2.24) is 15.2 Å². The predicted molar refractivity (Wildman–Crippen MR) is 73.1 cm³/mol. The van der Waals surface area contributed by atoms with E-state index in [1.54, 1.807) is 0 Å². The zero-order valence-electron chi connectivity index (χ0n) is 9.79. The van der Waals surface area contributed by atoms with Crippen molar-refractivity contribution < 1.29 is 4.74 Å². The number of benzene rings is 1. The SMILES string of the molecule is BrCC1COCCN1c1nnc2ccccc2n1. The van der Waals surface area contributed by atoms with Crippen LogP contribution in [0.15, 0.2) is 24.3 Å². The molecule has 0 bridgehead atoms. The van der Waals surface area contributed by atoms with E-state index in [4.69, 9.17) is 4.74 Å². The molecule has 1 aromatic carbocycles. The summed E-state index contributed by atoms with van der Waals surface area (Å²) in [5.41, 5.74) is 1.70. The molecule has 1 unspecified atom stereocenters. The van der Waals surface area contributed by atoms with E-state index in [1.165, 1.54) is 0 Å². The van der Waals surface area contributed by atoms with Crippen molar-refractivity contribution in [3.05, 3.63) is 24.3 Å². The van der Waals surface area contributed by atoms with Gasteiger partial charge in [0.05, 0.1) is 24.8 Å². The molecule has 3 rings (SSSR count). The summed E-state index contributed by atoms with van der Waals surface area (Å²) in [6.45, 7) is 2.21. The Labute approximate surface area is 113 Å². The molecule has 0 spiro atoms. The normalized spacial score (nSPS) is 20.3. The van der Waals surface area contributed by atoms with Gasteiger partial charge in [0.15, 0.2) is 0 Å². The topological polar surface area (TPSA) is 51.1 Å². The smallest absolute Gasteiger partial charge is 0.246 e. The molecule has 1 aliphatic heterocycles. The van der Waals surface area contributed by atoms with E-state index in [-0.39, 0.29) is 6.04 Å². The molecular formula is C12H13BrN4O. The van der Waals surface area contributed by atoms with Gasteiger partial charge in [-0.2, -0.15) is 0 Å². The number of hydrogen-bond acceptors (Lipinski definition) is 5. The molecular weight excluding hydrogens is 296 g/mol. The van der Waals surface area contributed by atoms with E-state index in [9.17, 15) is 0 Å². The molecule has 94 valence electrons. The molecule has 0 N–H and O–H groups in total. The number of rotatable bonds is 2. The van der Waals surface area contributed by atoms with Crippen LogP contribution in [-0.4, -0.2) is 46.3 Å². The lowest BCUT2D eigenvalue weighted by atomic mass is 10.2. The Morgan fingerprint density at radius 1 is 1.28 bits per heavy atom. The average Bonchev–Trinajstić information content (AvgIpc) is 2.46. The first-order chi connectivity index (χ1) is 8.88. The second-order valence-corrected chi connectivity index (χ2v) is 4.82. The second-order valence-electron chi connectivity index (χ2n) is 4.18. The van der Waals surface area contributed by atoms with Crippen molar-refractivity contribution >= 4 is 32.9 Å². The summed E-state index contributed by atoms with van der Waals surface area (Å²) in [4.78, 5) is 6.72. The number of ether oxygens (including phenoxy) is 1. The van der Waals surface area contributed by atoms with Crippen LogP contribution < -0.4 is 4.90 Å². The third-order valence-electron chi connectivity index (χ3n) is 3.01. The van der Waals surface area contributed by atoms with Crippen molar-refractivity contribution in [1.29, 1.82) is 0 Å². The molecule has 18 heavy (non-hydrogen) atoms. The van der Waals surface area contributed by atoms with E-state index in [2.05, 4.69) is 36.0 Å². The zero-order chi connectivity index (χ0) is 12.4. The van der Waals surface area contributed by atoms with Gasteiger partial charge in [-0.05, 0) is 12.1 Å². The van der Waals surface area contributed by atoms with Gasteiger partial charge in [-0.1, -0.05) is 28.1 Å². The molecule has 0 radical (unpaired) electrons. The number of para-hydroxylation sites is 1. The summed E-state index contributed by atoms with van der Waals surface area (Å²) in [5, 5.41) is 9.27. The Hall–Kier alpha value is -1.27. The number of hydrogen-bond donors (Lipinski definition) is 0. The Bertz CT molecular complexity index is 550. The summed E-state index contributed by atoms with van der Waals surface area (Å²) in [6, 6.07) is 8.04. The molecule has 0 aliphatic carbocycles. The van der Waals surface area contributed by atoms with Crippen molar-refractivity contribution in [2.45, 2.75) is 6.04 Å². The minimum absolute atomic E-state index is 0.265. The quantitative estimate of drug-likeness (QED) is 0.789. The third kappa shape index (κ3) is 2.18. The van der Waals surface area contributed by atoms with Gasteiger partial charge in [0, 0.05) is 11.9 Å². The van der Waals surface area contributed by atoms with Gasteiger partial charge in [0.25, 0.3) is 0 Å². The van der Waals surface area contributed by atoms with Gasteiger partial charge >= 0.3 is 0 Å². The average molecular weight is 309 g/mol. The van der Waals surface area contributed by atoms with E-state index in [1.807, 2.05) is 24.3 Å². The Morgan fingerprint density at radius 3 is 2.94 bits per heavy atom. The van der Waals surface area contributed by atoms with Crippen molar-refractivity contribution in [3.63, 3.8) is 0 Å². The summed E-state index contributed by atoms with van der Waals surface area (Å²) in [6.07, 6.45) is 0. The lowest BCUT2D eigenvalue weighted by Gasteiger charge is -2.34. The molecule has 5 nitrogen and oxygen atoms in total. The predicted octanol–water partition coefficient (Wildman–Crippen LogP) is 1.62. The summed E-state index contributed by atoms with van der Waals surface area (Å²) >= 11 is 3.50. The van der Waals surface area contributed by atoms with Crippen LogP contribution in [0.1, 0.15) is 0 Å². The van der Waals surface area contributed by atoms with Crippen molar-refractivity contribution in [3.8, 4) is 0 Å². The van der Waals surface area contributed by atoms with Gasteiger partial charge in [-0.15, -0.1) is 10.2 Å². The first-order valence-electron chi connectivity index (χ1n) is 5.88. The Kier molecular flexibility index (Phi) is 3.38. The van der Waals surface area contributed by atoms with Gasteiger partial charge in [0.1, 0.15) is 5.52 Å². The minimum Gasteiger partial charge on any atom is -0.377 e. The Morgan fingerprint density at radius 2 is 2.11 bits per heavy atom. The monoisotopic (exact) mass is 308 g/mol. The highest BCUT2D eigenvalue weighted by molar-refractivity contribution is 9.09. The van der Waals surface area contributed by atoms with Gasteiger partial charge < -0.3 is 9.64 Å². The molecule has 2 heterocycles. The maximum atomic E-state index is 5.46. The maximum Gasteiger partial charge on any atom is 0.246 e. The van der Waals surface area contributed by atoms with Crippen LogP contribution in [0.4, 0.5) is 5.95 Å². The number of alkyl halides is 1. The zero-order valence-corrected chi connectivity index (χ0v) is 11.4. The lowest BCUT2D eigenvalue weighted by Crippen LogP contribution is -2.47. The van der Waals surface area contributed by atoms with Crippen LogP contribution in [0.3, 0.4) is 0 Å². The standard InChI is InChI=1S/C12H13BrN4O/c13-7-9-8-18-6-5-17(9)12-14-10-3-1-2-4-11(10)15-16-12/h1-4,9H,5-8H2. The van der Waals surface area contributed by atoms with Gasteiger partial charge in [-0.3, -0.25) is 0 Å². The summed E-state index contributed by atoms with van der Waals surface area (Å²) in [7, 11) is 0. The van der Waals surface area contributed by atoms with Crippen molar-refractivity contribution in [2.24, 2.45) is 0 Å². The van der Waals surface area contributed by atoms with Crippen LogP contribution in [-0.2, 0) is 4.74 Å². The second kappa shape index (κ2) is 5.16. The molecule has 1 aliphatic rings. The largest absolute Gasteiger partial charge is 0.377 e. The fourth-order valence-corrected chi connectivity index (χ4v) is 2.58. The highest BCUT2D eigenvalue weighted by atomic mass is 79.9. The summed E-state index contributed by atoms with van der Waals surface area (Å²) in [5.74, 6) is 0.682. The summed E-state index contributed by atoms with van der Waals surface area (Å²) < 4.78 is 5.46. The number of anilines is 1. The van der Waals surface area contributed by atoms with Gasteiger partial charge in [-0.25, -0.2) is 4.98 Å².